The average molecular weight is 207 g/mol. The Morgan fingerprint density at radius 3 is 2.40 bits per heavy atom. The first-order valence-corrected chi connectivity index (χ1v) is 5.56. The molecule has 0 bridgehead atoms. The van der Waals surface area contributed by atoms with Gasteiger partial charge in [-0.25, -0.2) is 9.97 Å². The zero-order valence-electron chi connectivity index (χ0n) is 10.4. The van der Waals surface area contributed by atoms with Crippen LogP contribution in [0.25, 0.3) is 0 Å². The molecule has 0 aliphatic heterocycles. The van der Waals surface area contributed by atoms with Crippen LogP contribution in [0, 0.1) is 19.8 Å². The van der Waals surface area contributed by atoms with Crippen molar-refractivity contribution in [1.82, 2.24) is 9.97 Å². The summed E-state index contributed by atoms with van der Waals surface area (Å²) in [5.74, 6) is 2.62. The maximum Gasteiger partial charge on any atom is 0.132 e. The van der Waals surface area contributed by atoms with E-state index in [-0.39, 0.29) is 0 Å². The maximum atomic E-state index is 4.50. The second-order valence-electron chi connectivity index (χ2n) is 4.38. The van der Waals surface area contributed by atoms with Crippen LogP contribution in [0.15, 0.2) is 0 Å². The zero-order chi connectivity index (χ0) is 11.4. The van der Waals surface area contributed by atoms with Crippen LogP contribution in [0.5, 0.6) is 0 Å². The molecule has 1 N–H and O–H groups in total. The number of aromatic nitrogens is 2. The summed E-state index contributed by atoms with van der Waals surface area (Å²) in [5, 5.41) is 3.11. The van der Waals surface area contributed by atoms with Crippen LogP contribution in [-0.4, -0.2) is 17.0 Å². The van der Waals surface area contributed by atoms with Gasteiger partial charge in [0.2, 0.25) is 0 Å². The van der Waals surface area contributed by atoms with Crippen molar-refractivity contribution in [1.29, 1.82) is 0 Å². The minimum absolute atomic E-state index is 0.702. The van der Waals surface area contributed by atoms with Crippen LogP contribution in [0.4, 0.5) is 5.82 Å². The van der Waals surface area contributed by atoms with Crippen LogP contribution in [0.2, 0.25) is 0 Å². The SMILES string of the molecule is CNc1nc(CCC(C)C)nc(C)c1C. The Kier molecular flexibility index (Phi) is 4.06. The lowest BCUT2D eigenvalue weighted by Crippen LogP contribution is -2.06. The molecular formula is C12H21N3. The molecule has 3 heteroatoms. The van der Waals surface area contributed by atoms with E-state index in [9.17, 15) is 0 Å². The van der Waals surface area contributed by atoms with Crippen molar-refractivity contribution in [2.24, 2.45) is 5.92 Å². The number of nitrogens with zero attached hydrogens (tertiary/aromatic N) is 2. The topological polar surface area (TPSA) is 37.8 Å². The summed E-state index contributed by atoms with van der Waals surface area (Å²) in [7, 11) is 1.90. The lowest BCUT2D eigenvalue weighted by Gasteiger charge is -2.10. The van der Waals surface area contributed by atoms with E-state index >= 15 is 0 Å². The molecule has 0 fully saturated rings. The Morgan fingerprint density at radius 2 is 1.87 bits per heavy atom. The summed E-state index contributed by atoms with van der Waals surface area (Å²) in [6, 6.07) is 0. The van der Waals surface area contributed by atoms with Crippen LogP contribution < -0.4 is 5.32 Å². The van der Waals surface area contributed by atoms with Gasteiger partial charge in [0.25, 0.3) is 0 Å². The van der Waals surface area contributed by atoms with E-state index in [1.54, 1.807) is 0 Å². The first-order valence-electron chi connectivity index (χ1n) is 5.56. The molecular weight excluding hydrogens is 186 g/mol. The molecule has 1 heterocycles. The van der Waals surface area contributed by atoms with E-state index in [1.165, 1.54) is 0 Å². The monoisotopic (exact) mass is 207 g/mol. The van der Waals surface area contributed by atoms with Crippen molar-refractivity contribution in [3.63, 3.8) is 0 Å². The standard InChI is InChI=1S/C12H21N3/c1-8(2)6-7-11-14-10(4)9(3)12(13-5)15-11/h8H,6-7H2,1-5H3,(H,13,14,15). The quantitative estimate of drug-likeness (QED) is 0.825. The fourth-order valence-corrected chi connectivity index (χ4v) is 1.46. The van der Waals surface area contributed by atoms with Gasteiger partial charge in [-0.15, -0.1) is 0 Å². The molecule has 0 unspecified atom stereocenters. The molecule has 0 atom stereocenters. The summed E-state index contributed by atoms with van der Waals surface area (Å²) in [6.45, 7) is 8.53. The Bertz CT molecular complexity index is 332. The second-order valence-corrected chi connectivity index (χ2v) is 4.38. The predicted octanol–water partition coefficient (Wildman–Crippen LogP) is 2.72. The minimum Gasteiger partial charge on any atom is -0.373 e. The number of aryl methyl sites for hydroxylation is 2. The molecule has 0 radical (unpaired) electrons. The van der Waals surface area contributed by atoms with Crippen molar-refractivity contribution in [3.05, 3.63) is 17.1 Å². The van der Waals surface area contributed by atoms with Gasteiger partial charge >= 0.3 is 0 Å². The number of hydrogen-bond donors (Lipinski definition) is 1. The predicted molar refractivity (Wildman–Crippen MR) is 64.2 cm³/mol. The molecule has 15 heavy (non-hydrogen) atoms. The molecule has 1 aromatic rings. The molecule has 3 nitrogen and oxygen atoms in total. The van der Waals surface area contributed by atoms with Gasteiger partial charge in [-0.05, 0) is 26.2 Å². The highest BCUT2D eigenvalue weighted by molar-refractivity contribution is 5.44. The Balaban J connectivity index is 2.86. The van der Waals surface area contributed by atoms with Crippen LogP contribution in [-0.2, 0) is 6.42 Å². The van der Waals surface area contributed by atoms with Crippen LogP contribution >= 0.6 is 0 Å². The van der Waals surface area contributed by atoms with E-state index in [0.717, 1.165) is 35.7 Å². The first kappa shape index (κ1) is 12.0. The van der Waals surface area contributed by atoms with Crippen LogP contribution in [0.1, 0.15) is 37.4 Å². The number of nitrogens with one attached hydrogen (secondary N) is 1. The number of hydrogen-bond acceptors (Lipinski definition) is 3. The van der Waals surface area contributed by atoms with Gasteiger partial charge in [-0.2, -0.15) is 0 Å². The van der Waals surface area contributed by atoms with Gasteiger partial charge in [0.15, 0.2) is 0 Å². The van der Waals surface area contributed by atoms with Gasteiger partial charge in [0.05, 0.1) is 0 Å². The molecule has 0 saturated heterocycles. The largest absolute Gasteiger partial charge is 0.373 e. The second kappa shape index (κ2) is 5.10. The van der Waals surface area contributed by atoms with Crippen molar-refractivity contribution >= 4 is 5.82 Å². The fourth-order valence-electron chi connectivity index (χ4n) is 1.46. The maximum absolute atomic E-state index is 4.50. The lowest BCUT2D eigenvalue weighted by atomic mass is 10.1. The zero-order valence-corrected chi connectivity index (χ0v) is 10.4. The number of rotatable bonds is 4. The molecule has 0 spiro atoms. The average Bonchev–Trinajstić information content (AvgIpc) is 2.19. The molecule has 0 amide bonds. The Hall–Kier alpha value is -1.12. The third kappa shape index (κ3) is 3.18. The normalized spacial score (nSPS) is 10.8. The van der Waals surface area contributed by atoms with E-state index < -0.39 is 0 Å². The summed E-state index contributed by atoms with van der Waals surface area (Å²) >= 11 is 0. The van der Waals surface area contributed by atoms with E-state index in [1.807, 2.05) is 20.9 Å². The van der Waals surface area contributed by atoms with Crippen LogP contribution in [0.3, 0.4) is 0 Å². The fraction of sp³-hybridized carbons (Fsp3) is 0.667. The summed E-state index contributed by atoms with van der Waals surface area (Å²) in [5.41, 5.74) is 2.22. The Morgan fingerprint density at radius 1 is 1.20 bits per heavy atom. The van der Waals surface area contributed by atoms with E-state index in [2.05, 4.69) is 29.1 Å². The van der Waals surface area contributed by atoms with Gasteiger partial charge < -0.3 is 5.32 Å². The lowest BCUT2D eigenvalue weighted by molar-refractivity contribution is 0.574. The molecule has 1 aromatic heterocycles. The van der Waals surface area contributed by atoms with Crippen molar-refractivity contribution in [3.8, 4) is 0 Å². The third-order valence-corrected chi connectivity index (χ3v) is 2.62. The summed E-state index contributed by atoms with van der Waals surface area (Å²) in [6.07, 6.45) is 2.11. The van der Waals surface area contributed by atoms with Gasteiger partial charge in [0.1, 0.15) is 11.6 Å². The van der Waals surface area contributed by atoms with E-state index in [0.29, 0.717) is 5.92 Å². The van der Waals surface area contributed by atoms with Crippen molar-refractivity contribution in [2.75, 3.05) is 12.4 Å². The molecule has 0 aliphatic rings. The third-order valence-electron chi connectivity index (χ3n) is 2.62. The first-order chi connectivity index (χ1) is 7.04. The molecule has 0 aromatic carbocycles. The summed E-state index contributed by atoms with van der Waals surface area (Å²) in [4.78, 5) is 9.00. The number of anilines is 1. The molecule has 0 aliphatic carbocycles. The molecule has 0 saturated carbocycles. The van der Waals surface area contributed by atoms with Gasteiger partial charge in [0, 0.05) is 24.7 Å². The highest BCUT2D eigenvalue weighted by Gasteiger charge is 2.07. The minimum atomic E-state index is 0.702. The highest BCUT2D eigenvalue weighted by Crippen LogP contribution is 2.15. The molecule has 84 valence electrons. The summed E-state index contributed by atoms with van der Waals surface area (Å²) < 4.78 is 0. The van der Waals surface area contributed by atoms with Crippen molar-refractivity contribution in [2.45, 2.75) is 40.5 Å². The Labute approximate surface area is 92.3 Å². The van der Waals surface area contributed by atoms with Gasteiger partial charge in [-0.1, -0.05) is 13.8 Å². The van der Waals surface area contributed by atoms with E-state index in [4.69, 9.17) is 0 Å². The van der Waals surface area contributed by atoms with Gasteiger partial charge in [-0.3, -0.25) is 0 Å². The highest BCUT2D eigenvalue weighted by atomic mass is 15.0. The smallest absolute Gasteiger partial charge is 0.132 e. The van der Waals surface area contributed by atoms with Crippen molar-refractivity contribution < 1.29 is 0 Å². The molecule has 1 rings (SSSR count).